The molecule has 2 heterocycles. The van der Waals surface area contributed by atoms with Crippen molar-refractivity contribution < 1.29 is 24.3 Å². The smallest absolute Gasteiger partial charge is 0.248 e. The van der Waals surface area contributed by atoms with E-state index in [4.69, 9.17) is 0 Å². The normalized spacial score (nSPS) is 25.2. The summed E-state index contributed by atoms with van der Waals surface area (Å²) in [6, 6.07) is 39.4. The highest BCUT2D eigenvalue weighted by Crippen LogP contribution is 2.72. The van der Waals surface area contributed by atoms with Crippen LogP contribution < -0.4 is 9.80 Å². The Balaban J connectivity index is 1.51. The lowest BCUT2D eigenvalue weighted by Gasteiger charge is -2.42. The topological polar surface area (TPSA) is 95.0 Å². The minimum absolute atomic E-state index is 0.219. The van der Waals surface area contributed by atoms with Crippen LogP contribution >= 0.6 is 15.9 Å². The van der Waals surface area contributed by atoms with Gasteiger partial charge in [0.25, 0.3) is 0 Å². The summed E-state index contributed by atoms with van der Waals surface area (Å²) in [5.74, 6) is -3.61. The second kappa shape index (κ2) is 11.2. The van der Waals surface area contributed by atoms with Crippen LogP contribution in [0, 0.1) is 5.92 Å². The molecule has 2 aliphatic heterocycles. The molecule has 7 nitrogen and oxygen atoms in total. The number of aliphatic hydroxyl groups is 1. The molecular weight excluding hydrogens is 680 g/mol. The predicted octanol–water partition coefficient (Wildman–Crippen LogP) is 6.86. The highest BCUT2D eigenvalue weighted by atomic mass is 79.9. The van der Waals surface area contributed by atoms with Gasteiger partial charge in [-0.2, -0.15) is 0 Å². The number of nitrogens with zero attached hydrogens (tertiary/aromatic N) is 2. The van der Waals surface area contributed by atoms with Gasteiger partial charge in [-0.05, 0) is 46.5 Å². The first-order valence-electron chi connectivity index (χ1n) is 16.1. The summed E-state index contributed by atoms with van der Waals surface area (Å²) in [5.41, 5.74) is -2.61. The third-order valence-corrected chi connectivity index (χ3v) is 11.1. The maximum Gasteiger partial charge on any atom is 0.248 e. The molecule has 5 aromatic rings. The molecule has 8 heteroatoms. The van der Waals surface area contributed by atoms with Crippen LogP contribution in [0.3, 0.4) is 0 Å². The minimum atomic E-state index is -2.12. The Morgan fingerprint density at radius 1 is 0.755 bits per heavy atom. The van der Waals surface area contributed by atoms with Gasteiger partial charge in [-0.3, -0.25) is 19.2 Å². The molecule has 1 fully saturated rings. The van der Waals surface area contributed by atoms with E-state index in [1.54, 1.807) is 83.8 Å². The fourth-order valence-corrected chi connectivity index (χ4v) is 9.18. The summed E-state index contributed by atoms with van der Waals surface area (Å²) in [4.78, 5) is 62.6. The van der Waals surface area contributed by atoms with E-state index in [9.17, 15) is 9.90 Å². The quantitative estimate of drug-likeness (QED) is 0.201. The maximum absolute atomic E-state index is 15.6. The Bertz CT molecular complexity index is 2170. The van der Waals surface area contributed by atoms with Gasteiger partial charge in [-0.25, -0.2) is 4.90 Å². The van der Waals surface area contributed by atoms with E-state index >= 15 is 14.4 Å². The number of benzene rings is 5. The average molecular weight is 712 g/mol. The van der Waals surface area contributed by atoms with E-state index in [-0.39, 0.29) is 24.6 Å². The summed E-state index contributed by atoms with van der Waals surface area (Å²) in [6.45, 7) is 1.51. The second-order valence-corrected chi connectivity index (χ2v) is 14.0. The Kier molecular flexibility index (Phi) is 7.10. The molecule has 4 atom stereocenters. The molecule has 0 radical (unpaired) electrons. The van der Waals surface area contributed by atoms with Crippen LogP contribution in [0.25, 0.3) is 0 Å². The molecule has 1 aliphatic carbocycles. The molecule has 0 unspecified atom stereocenters. The predicted molar refractivity (Wildman–Crippen MR) is 189 cm³/mol. The minimum Gasteiger partial charge on any atom is -0.384 e. The van der Waals surface area contributed by atoms with Crippen LogP contribution in [0.15, 0.2) is 138 Å². The molecule has 0 saturated heterocycles. The molecule has 0 bridgehead atoms. The summed E-state index contributed by atoms with van der Waals surface area (Å²) < 4.78 is 0.593. The number of imide groups is 1. The van der Waals surface area contributed by atoms with Gasteiger partial charge in [0.05, 0.1) is 23.6 Å². The highest BCUT2D eigenvalue weighted by Gasteiger charge is 2.82. The van der Waals surface area contributed by atoms with E-state index < -0.39 is 39.9 Å². The van der Waals surface area contributed by atoms with Crippen molar-refractivity contribution in [1.29, 1.82) is 0 Å². The van der Waals surface area contributed by atoms with Gasteiger partial charge in [0.15, 0.2) is 5.78 Å². The van der Waals surface area contributed by atoms with Gasteiger partial charge in [0.1, 0.15) is 11.0 Å². The molecule has 3 aliphatic rings. The summed E-state index contributed by atoms with van der Waals surface area (Å²) in [5, 5.41) is 13.6. The van der Waals surface area contributed by atoms with Crippen molar-refractivity contribution in [2.45, 2.75) is 36.3 Å². The first kappa shape index (κ1) is 31.1. The number of Topliss-reactive ketones (excluding diaryl/α,β-unsaturated/α-hetero) is 1. The van der Waals surface area contributed by atoms with Gasteiger partial charge in [0, 0.05) is 29.1 Å². The molecule has 1 N–H and O–H groups in total. The van der Waals surface area contributed by atoms with E-state index in [0.29, 0.717) is 32.4 Å². The van der Waals surface area contributed by atoms with Crippen molar-refractivity contribution in [3.63, 3.8) is 0 Å². The van der Waals surface area contributed by atoms with E-state index in [1.807, 2.05) is 54.6 Å². The molecule has 2 spiro atoms. The highest BCUT2D eigenvalue weighted by molar-refractivity contribution is 9.10. The van der Waals surface area contributed by atoms with Crippen LogP contribution in [0.2, 0.25) is 0 Å². The summed E-state index contributed by atoms with van der Waals surface area (Å²) in [7, 11) is 0. The number of carbonyl (C=O) groups excluding carboxylic acids is 4. The molecule has 49 heavy (non-hydrogen) atoms. The van der Waals surface area contributed by atoms with Gasteiger partial charge in [-0.15, -0.1) is 0 Å². The summed E-state index contributed by atoms with van der Waals surface area (Å²) >= 11 is 3.57. The lowest BCUT2D eigenvalue weighted by molar-refractivity contribution is -0.137. The molecule has 8 rings (SSSR count). The molecule has 3 amide bonds. The van der Waals surface area contributed by atoms with Gasteiger partial charge >= 0.3 is 0 Å². The fourth-order valence-electron chi connectivity index (χ4n) is 8.82. The zero-order valence-electron chi connectivity index (χ0n) is 26.5. The maximum atomic E-state index is 15.6. The zero-order valence-corrected chi connectivity index (χ0v) is 28.1. The van der Waals surface area contributed by atoms with E-state index in [0.717, 1.165) is 10.5 Å². The Morgan fingerprint density at radius 2 is 1.37 bits per heavy atom. The molecule has 0 aromatic heterocycles. The molecular formula is C41H31BrN2O5. The fraction of sp³-hybridized carbons (Fsp3) is 0.171. The second-order valence-electron chi connectivity index (χ2n) is 13.1. The van der Waals surface area contributed by atoms with Gasteiger partial charge in [0.2, 0.25) is 17.7 Å². The number of halogens is 1. The number of anilines is 2. The third-order valence-electron chi connectivity index (χ3n) is 10.7. The lowest BCUT2D eigenvalue weighted by Crippen LogP contribution is -2.59. The number of fused-ring (bicyclic) bond motifs is 4. The van der Waals surface area contributed by atoms with E-state index in [1.165, 1.54) is 6.92 Å². The Labute approximate surface area is 291 Å². The van der Waals surface area contributed by atoms with Crippen LogP contribution in [0.5, 0.6) is 0 Å². The first-order valence-corrected chi connectivity index (χ1v) is 16.9. The van der Waals surface area contributed by atoms with E-state index in [2.05, 4.69) is 15.9 Å². The standard InChI is InChI=1S/C41H31BrN2O5/c1-26(45)44-34-22-21-30(42)23-32(34)41(38(44)48)36(35(46)28-15-7-3-8-16-28)39(25-40(41,49)29-17-9-4-10-18-29)31-19-11-12-20-33(31)43(37(39)47)24-27-13-5-2-6-14-27/h2-23,36,49H,24-25H2,1H3/t36-,39-,40+,41+/m1/s1. The molecule has 242 valence electrons. The third kappa shape index (κ3) is 4.11. The Hall–Kier alpha value is -5.18. The number of hydrogen-bond acceptors (Lipinski definition) is 5. The largest absolute Gasteiger partial charge is 0.384 e. The van der Waals surface area contributed by atoms with Crippen molar-refractivity contribution in [1.82, 2.24) is 0 Å². The van der Waals surface area contributed by atoms with Crippen LogP contribution in [0.1, 0.15) is 46.0 Å². The van der Waals surface area contributed by atoms with Crippen molar-refractivity contribution in [3.8, 4) is 0 Å². The number of amides is 3. The van der Waals surface area contributed by atoms with Gasteiger partial charge < -0.3 is 10.0 Å². The van der Waals surface area contributed by atoms with Crippen molar-refractivity contribution in [2.75, 3.05) is 9.80 Å². The number of ketones is 1. The van der Waals surface area contributed by atoms with Crippen molar-refractivity contribution >= 4 is 50.8 Å². The number of rotatable bonds is 5. The average Bonchev–Trinajstić information content (AvgIpc) is 3.63. The number of carbonyl (C=O) groups is 4. The SMILES string of the molecule is CC(=O)N1C(=O)[C@]2(c3cc(Br)ccc31)[C@H](C(=O)c1ccccc1)[C@]1(C[C@]2(O)c2ccccc2)C(=O)N(Cc2ccccc2)c2ccccc21. The van der Waals surface area contributed by atoms with Crippen LogP contribution in [0.4, 0.5) is 11.4 Å². The zero-order chi connectivity index (χ0) is 34.1. The lowest BCUT2D eigenvalue weighted by atomic mass is 9.58. The Morgan fingerprint density at radius 3 is 2.04 bits per heavy atom. The molecule has 5 aromatic carbocycles. The van der Waals surface area contributed by atoms with Crippen molar-refractivity contribution in [3.05, 3.63) is 166 Å². The summed E-state index contributed by atoms with van der Waals surface area (Å²) in [6.07, 6.45) is -0.280. The van der Waals surface area contributed by atoms with Gasteiger partial charge in [-0.1, -0.05) is 125 Å². The van der Waals surface area contributed by atoms with Crippen LogP contribution in [-0.2, 0) is 37.4 Å². The van der Waals surface area contributed by atoms with Crippen molar-refractivity contribution in [2.24, 2.45) is 5.92 Å². The molecule has 1 saturated carbocycles. The number of hydrogen-bond donors (Lipinski definition) is 1. The monoisotopic (exact) mass is 710 g/mol. The number of para-hydroxylation sites is 1. The van der Waals surface area contributed by atoms with Crippen LogP contribution in [-0.4, -0.2) is 28.6 Å². The first-order chi connectivity index (χ1) is 23.7.